The first-order valence-corrected chi connectivity index (χ1v) is 13.5. The number of benzene rings is 2. The number of aromatic nitrogens is 4. The lowest BCUT2D eigenvalue weighted by Crippen LogP contribution is -2.30. The number of unbranched alkanes of at least 4 members (excludes halogenated alkanes) is 1. The molecule has 3 heterocycles. The molecule has 2 aromatic carbocycles. The van der Waals surface area contributed by atoms with E-state index in [2.05, 4.69) is 23.1 Å². The van der Waals surface area contributed by atoms with E-state index in [0.29, 0.717) is 35.1 Å². The number of hydrogen-bond acceptors (Lipinski definition) is 7. The van der Waals surface area contributed by atoms with Crippen LogP contribution < -0.4 is 5.56 Å². The van der Waals surface area contributed by atoms with Gasteiger partial charge in [0.1, 0.15) is 5.82 Å². The average molecular weight is 522 g/mol. The summed E-state index contributed by atoms with van der Waals surface area (Å²) < 4.78 is 7.05. The number of hydrogen-bond donors (Lipinski definition) is 0. The Hall–Kier alpha value is -4.35. The molecule has 0 aliphatic heterocycles. The molecule has 0 saturated carbocycles. The Kier molecular flexibility index (Phi) is 7.57. The Morgan fingerprint density at radius 3 is 2.61 bits per heavy atom. The third kappa shape index (κ3) is 5.34. The predicted octanol–water partition coefficient (Wildman–Crippen LogP) is 6.18. The van der Waals surface area contributed by atoms with E-state index < -0.39 is 0 Å². The summed E-state index contributed by atoms with van der Waals surface area (Å²) in [6, 6.07) is 19.8. The SMILES string of the molecule is CCCCc1nc(C)n(Cc2noc(-c3ccsc3)n2)c(=O)c1Cc1ccc(-c2ccccc2C#N)cc1. The van der Waals surface area contributed by atoms with Gasteiger partial charge in [-0.05, 0) is 54.0 Å². The van der Waals surface area contributed by atoms with Crippen LogP contribution in [0.2, 0.25) is 0 Å². The number of aryl methyl sites for hydroxylation is 2. The fourth-order valence-electron chi connectivity index (χ4n) is 4.47. The highest BCUT2D eigenvalue weighted by Gasteiger charge is 2.18. The molecule has 3 aromatic heterocycles. The third-order valence-corrected chi connectivity index (χ3v) is 7.22. The van der Waals surface area contributed by atoms with Crippen molar-refractivity contribution in [1.29, 1.82) is 5.26 Å². The molecule has 0 spiro atoms. The number of nitriles is 1. The summed E-state index contributed by atoms with van der Waals surface area (Å²) in [6.45, 7) is 4.17. The molecule has 0 radical (unpaired) electrons. The van der Waals surface area contributed by atoms with Crippen molar-refractivity contribution >= 4 is 11.3 Å². The molecule has 5 rings (SSSR count). The summed E-state index contributed by atoms with van der Waals surface area (Å²) in [4.78, 5) is 23.1. The Morgan fingerprint density at radius 1 is 1.05 bits per heavy atom. The van der Waals surface area contributed by atoms with Gasteiger partial charge < -0.3 is 4.52 Å². The largest absolute Gasteiger partial charge is 0.334 e. The standard InChI is InChI=1S/C30H27N5O2S/c1-3-4-9-27-26(16-21-10-12-22(13-11-21)25-8-6-5-7-23(25)17-31)30(36)35(20(2)32-27)18-28-33-29(37-34-28)24-14-15-38-19-24/h5-8,10-15,19H,3-4,9,16,18H2,1-2H3. The maximum atomic E-state index is 13.8. The molecule has 8 heteroatoms. The van der Waals surface area contributed by atoms with Crippen LogP contribution >= 0.6 is 11.3 Å². The smallest absolute Gasteiger partial charge is 0.258 e. The van der Waals surface area contributed by atoms with E-state index in [4.69, 9.17) is 9.51 Å². The molecule has 0 bridgehead atoms. The van der Waals surface area contributed by atoms with Gasteiger partial charge in [-0.3, -0.25) is 9.36 Å². The maximum Gasteiger partial charge on any atom is 0.258 e. The second-order valence-corrected chi connectivity index (χ2v) is 9.92. The van der Waals surface area contributed by atoms with Crippen molar-refractivity contribution < 1.29 is 4.52 Å². The van der Waals surface area contributed by atoms with E-state index in [1.807, 2.05) is 72.3 Å². The molecule has 0 fully saturated rings. The predicted molar refractivity (Wildman–Crippen MR) is 148 cm³/mol. The summed E-state index contributed by atoms with van der Waals surface area (Å²) in [5.41, 5.74) is 5.83. The first-order chi connectivity index (χ1) is 18.6. The molecule has 0 aliphatic carbocycles. The van der Waals surface area contributed by atoms with E-state index in [9.17, 15) is 10.1 Å². The normalized spacial score (nSPS) is 11.0. The van der Waals surface area contributed by atoms with Crippen molar-refractivity contribution in [2.24, 2.45) is 0 Å². The van der Waals surface area contributed by atoms with Crippen LogP contribution in [0, 0.1) is 18.3 Å². The highest BCUT2D eigenvalue weighted by Crippen LogP contribution is 2.25. The summed E-state index contributed by atoms with van der Waals surface area (Å²) >= 11 is 1.56. The van der Waals surface area contributed by atoms with Crippen LogP contribution in [0.3, 0.4) is 0 Å². The molecule has 38 heavy (non-hydrogen) atoms. The average Bonchev–Trinajstić information content (AvgIpc) is 3.64. The van der Waals surface area contributed by atoms with Gasteiger partial charge in [-0.2, -0.15) is 21.6 Å². The van der Waals surface area contributed by atoms with E-state index in [-0.39, 0.29) is 12.1 Å². The topological polar surface area (TPSA) is 97.6 Å². The Bertz CT molecular complexity index is 1640. The van der Waals surface area contributed by atoms with Crippen molar-refractivity contribution in [3.05, 3.63) is 110 Å². The molecular formula is C30H27N5O2S. The minimum Gasteiger partial charge on any atom is -0.334 e. The van der Waals surface area contributed by atoms with Crippen LogP contribution in [0.1, 0.15) is 53.8 Å². The van der Waals surface area contributed by atoms with Crippen LogP contribution in [0.5, 0.6) is 0 Å². The monoisotopic (exact) mass is 521 g/mol. The molecule has 0 aliphatic rings. The zero-order valence-corrected chi connectivity index (χ0v) is 22.2. The number of thiophene rings is 1. The zero-order valence-electron chi connectivity index (χ0n) is 21.3. The fraction of sp³-hybridized carbons (Fsp3) is 0.233. The molecule has 7 nitrogen and oxygen atoms in total. The van der Waals surface area contributed by atoms with Gasteiger partial charge in [-0.15, -0.1) is 0 Å². The second-order valence-electron chi connectivity index (χ2n) is 9.14. The van der Waals surface area contributed by atoms with Crippen LogP contribution in [-0.4, -0.2) is 19.7 Å². The molecule has 0 unspecified atom stereocenters. The van der Waals surface area contributed by atoms with Gasteiger partial charge in [-0.1, -0.05) is 61.0 Å². The quantitative estimate of drug-likeness (QED) is 0.230. The second kappa shape index (κ2) is 11.4. The highest BCUT2D eigenvalue weighted by atomic mass is 32.1. The zero-order chi connectivity index (χ0) is 26.5. The van der Waals surface area contributed by atoms with Crippen LogP contribution in [0.15, 0.2) is 74.7 Å². The molecule has 190 valence electrons. The molecule has 5 aromatic rings. The Morgan fingerprint density at radius 2 is 1.87 bits per heavy atom. The molecule has 0 saturated heterocycles. The first kappa shape index (κ1) is 25.3. The Balaban J connectivity index is 1.46. The van der Waals surface area contributed by atoms with Gasteiger partial charge in [0.2, 0.25) is 0 Å². The van der Waals surface area contributed by atoms with E-state index in [1.165, 1.54) is 0 Å². The third-order valence-electron chi connectivity index (χ3n) is 6.54. The van der Waals surface area contributed by atoms with Gasteiger partial charge in [0, 0.05) is 17.4 Å². The van der Waals surface area contributed by atoms with E-state index in [0.717, 1.165) is 47.2 Å². The van der Waals surface area contributed by atoms with Gasteiger partial charge in [0.15, 0.2) is 5.82 Å². The summed E-state index contributed by atoms with van der Waals surface area (Å²) in [6.07, 6.45) is 3.20. The molecule has 0 amide bonds. The van der Waals surface area contributed by atoms with Crippen molar-refractivity contribution in [3.63, 3.8) is 0 Å². The number of rotatable bonds is 9. The summed E-state index contributed by atoms with van der Waals surface area (Å²) in [5.74, 6) is 1.51. The molecule has 0 N–H and O–H groups in total. The maximum absolute atomic E-state index is 13.8. The molecule has 0 atom stereocenters. The van der Waals surface area contributed by atoms with Crippen LogP contribution in [0.25, 0.3) is 22.6 Å². The van der Waals surface area contributed by atoms with Crippen molar-refractivity contribution in [2.75, 3.05) is 0 Å². The Labute approximate surface area is 225 Å². The van der Waals surface area contributed by atoms with E-state index >= 15 is 0 Å². The van der Waals surface area contributed by atoms with Gasteiger partial charge in [0.25, 0.3) is 11.4 Å². The van der Waals surface area contributed by atoms with Gasteiger partial charge in [0.05, 0.1) is 29.4 Å². The van der Waals surface area contributed by atoms with Crippen molar-refractivity contribution in [1.82, 2.24) is 19.7 Å². The van der Waals surface area contributed by atoms with Crippen molar-refractivity contribution in [2.45, 2.75) is 46.1 Å². The summed E-state index contributed by atoms with van der Waals surface area (Å²) in [5, 5.41) is 17.5. The van der Waals surface area contributed by atoms with Gasteiger partial charge in [-0.25, -0.2) is 4.98 Å². The minimum atomic E-state index is -0.0793. The lowest BCUT2D eigenvalue weighted by molar-refractivity contribution is 0.419. The first-order valence-electron chi connectivity index (χ1n) is 12.6. The number of nitrogens with zero attached hydrogens (tertiary/aromatic N) is 5. The lowest BCUT2D eigenvalue weighted by atomic mass is 9.97. The van der Waals surface area contributed by atoms with Crippen molar-refractivity contribution in [3.8, 4) is 28.7 Å². The van der Waals surface area contributed by atoms with E-state index in [1.54, 1.807) is 15.9 Å². The highest BCUT2D eigenvalue weighted by molar-refractivity contribution is 7.08. The fourth-order valence-corrected chi connectivity index (χ4v) is 5.10. The van der Waals surface area contributed by atoms with Gasteiger partial charge >= 0.3 is 0 Å². The summed E-state index contributed by atoms with van der Waals surface area (Å²) in [7, 11) is 0. The van der Waals surface area contributed by atoms with Crippen LogP contribution in [0.4, 0.5) is 0 Å². The minimum absolute atomic E-state index is 0.0793. The molecular weight excluding hydrogens is 494 g/mol. The lowest BCUT2D eigenvalue weighted by Gasteiger charge is -2.15. The van der Waals surface area contributed by atoms with Crippen LogP contribution in [-0.2, 0) is 19.4 Å².